The summed E-state index contributed by atoms with van der Waals surface area (Å²) in [6.45, 7) is 7.74. The first-order valence-electron chi connectivity index (χ1n) is 14.7. The van der Waals surface area contributed by atoms with Crippen LogP contribution < -0.4 is 26.2 Å². The number of pyridine rings is 1. The molecule has 0 spiro atoms. The van der Waals surface area contributed by atoms with Gasteiger partial charge in [-0.2, -0.15) is 0 Å². The lowest BCUT2D eigenvalue weighted by Gasteiger charge is -2.33. The topological polar surface area (TPSA) is 139 Å². The molecule has 3 aliphatic heterocycles. The summed E-state index contributed by atoms with van der Waals surface area (Å²) in [6, 6.07) is 9.22. The summed E-state index contributed by atoms with van der Waals surface area (Å²) in [4.78, 5) is 46.4. The summed E-state index contributed by atoms with van der Waals surface area (Å²) in [5.41, 5.74) is 5.59. The summed E-state index contributed by atoms with van der Waals surface area (Å²) in [6.07, 6.45) is 1.62. The number of imide groups is 1. The molecule has 11 nitrogen and oxygen atoms in total. The average molecular weight is 587 g/mol. The Morgan fingerprint density at radius 3 is 2.56 bits per heavy atom. The maximum absolute atomic E-state index is 13.5. The van der Waals surface area contributed by atoms with Gasteiger partial charge in [-0.1, -0.05) is 17.7 Å². The zero-order chi connectivity index (χ0) is 30.4. The van der Waals surface area contributed by atoms with Crippen molar-refractivity contribution in [2.24, 2.45) is 0 Å². The number of carbonyl (C=O) groups is 2. The van der Waals surface area contributed by atoms with Crippen LogP contribution in [0, 0.1) is 20.8 Å². The van der Waals surface area contributed by atoms with Gasteiger partial charge >= 0.3 is 0 Å². The van der Waals surface area contributed by atoms with E-state index in [1.165, 1.54) is 4.90 Å². The number of hydrogen-bond donors (Lipinski definition) is 5. The first kappa shape index (κ1) is 28.8. The van der Waals surface area contributed by atoms with Crippen LogP contribution >= 0.6 is 0 Å². The number of amides is 2. The van der Waals surface area contributed by atoms with E-state index in [0.717, 1.165) is 37.1 Å². The van der Waals surface area contributed by atoms with Gasteiger partial charge in [0.2, 0.25) is 0 Å². The van der Waals surface area contributed by atoms with Crippen molar-refractivity contribution >= 4 is 28.9 Å². The number of nitrogens with zero attached hydrogens (tertiary/aromatic N) is 2. The van der Waals surface area contributed by atoms with Crippen LogP contribution in [-0.2, 0) is 0 Å². The molecule has 3 aliphatic rings. The molecule has 0 saturated carbocycles. The summed E-state index contributed by atoms with van der Waals surface area (Å²) in [5.74, 6) is 0.201. The third-order valence-electron chi connectivity index (χ3n) is 8.68. The number of benzene rings is 2. The largest absolute Gasteiger partial charge is 0.491 e. The lowest BCUT2D eigenvalue weighted by Crippen LogP contribution is -2.46. The van der Waals surface area contributed by atoms with E-state index in [2.05, 4.69) is 25.8 Å². The predicted molar refractivity (Wildman–Crippen MR) is 165 cm³/mol. The molecule has 1 fully saturated rings. The van der Waals surface area contributed by atoms with E-state index < -0.39 is 12.3 Å². The highest BCUT2D eigenvalue weighted by Gasteiger charge is 2.44. The highest BCUT2D eigenvalue weighted by Crippen LogP contribution is 2.44. The van der Waals surface area contributed by atoms with Crippen LogP contribution in [-0.4, -0.2) is 77.1 Å². The summed E-state index contributed by atoms with van der Waals surface area (Å²) in [5, 5.41) is 20.5. The number of anilines is 3. The quantitative estimate of drug-likeness (QED) is 0.252. The highest BCUT2D eigenvalue weighted by molar-refractivity contribution is 6.23. The highest BCUT2D eigenvalue weighted by atomic mass is 16.5. The van der Waals surface area contributed by atoms with Gasteiger partial charge in [-0.15, -0.1) is 0 Å². The number of rotatable bonds is 8. The minimum atomic E-state index is -0.829. The fourth-order valence-electron chi connectivity index (χ4n) is 6.33. The van der Waals surface area contributed by atoms with Gasteiger partial charge < -0.3 is 35.7 Å². The van der Waals surface area contributed by atoms with E-state index in [1.54, 1.807) is 18.3 Å². The Kier molecular flexibility index (Phi) is 7.61. The van der Waals surface area contributed by atoms with Crippen LogP contribution in [0.15, 0.2) is 41.3 Å². The minimum Gasteiger partial charge on any atom is -0.491 e. The van der Waals surface area contributed by atoms with Crippen LogP contribution in [0.1, 0.15) is 62.0 Å². The summed E-state index contributed by atoms with van der Waals surface area (Å²) in [7, 11) is 2.05. The van der Waals surface area contributed by atoms with Crippen molar-refractivity contribution in [3.8, 4) is 5.75 Å². The maximum atomic E-state index is 13.5. The van der Waals surface area contributed by atoms with Crippen LogP contribution in [0.2, 0.25) is 0 Å². The van der Waals surface area contributed by atoms with Crippen molar-refractivity contribution in [1.29, 1.82) is 0 Å². The Bertz CT molecular complexity index is 1640. The molecule has 11 heteroatoms. The van der Waals surface area contributed by atoms with E-state index in [1.807, 2.05) is 46.0 Å². The van der Waals surface area contributed by atoms with E-state index >= 15 is 0 Å². The molecule has 1 aromatic heterocycles. The second kappa shape index (κ2) is 11.4. The molecule has 226 valence electrons. The van der Waals surface area contributed by atoms with E-state index in [0.29, 0.717) is 45.1 Å². The van der Waals surface area contributed by atoms with Crippen molar-refractivity contribution in [2.75, 3.05) is 49.2 Å². The third-order valence-corrected chi connectivity index (χ3v) is 8.68. The lowest BCUT2D eigenvalue weighted by atomic mass is 10.0. The third kappa shape index (κ3) is 5.34. The molecule has 4 heterocycles. The van der Waals surface area contributed by atoms with Crippen molar-refractivity contribution in [2.45, 2.75) is 51.9 Å². The number of nitrogens with one attached hydrogen (secondary N) is 4. The van der Waals surface area contributed by atoms with Gasteiger partial charge in [-0.25, -0.2) is 0 Å². The number of aliphatic hydroxyl groups excluding tert-OH is 1. The van der Waals surface area contributed by atoms with Crippen molar-refractivity contribution in [1.82, 2.24) is 14.8 Å². The standard InChI is InChI=1S/C32H38N6O5/c1-17-5-6-25(18(2)13-17)43-16-21(39)15-34-23-7-10-33-30(40)27(23)29-35-24-14-22-26(19(3)28(24)36-29)32(42)38(31(22)41)20-8-11-37(4)12-9-20/h5-7,10,13-14,20-21,29,35-36,39H,8-9,11-12,15-16H2,1-4H3,(H2,33,34,40). The molecule has 0 bridgehead atoms. The normalized spacial score (nSPS) is 19.1. The molecule has 2 atom stereocenters. The number of fused-ring (bicyclic) bond motifs is 2. The molecule has 6 rings (SSSR count). The molecule has 43 heavy (non-hydrogen) atoms. The smallest absolute Gasteiger partial charge is 0.262 e. The number of aryl methyl sites for hydroxylation is 2. The number of carbonyl (C=O) groups excluding carboxylic acids is 2. The zero-order valence-corrected chi connectivity index (χ0v) is 24.9. The first-order valence-corrected chi connectivity index (χ1v) is 14.7. The molecule has 1 saturated heterocycles. The van der Waals surface area contributed by atoms with Crippen LogP contribution in [0.4, 0.5) is 17.1 Å². The first-order chi connectivity index (χ1) is 20.6. The van der Waals surface area contributed by atoms with Gasteiger partial charge in [0.05, 0.1) is 28.1 Å². The zero-order valence-electron chi connectivity index (χ0n) is 24.9. The van der Waals surface area contributed by atoms with E-state index in [-0.39, 0.29) is 36.6 Å². The van der Waals surface area contributed by atoms with Crippen molar-refractivity contribution < 1.29 is 19.4 Å². The number of ether oxygens (including phenoxy) is 1. The molecule has 5 N–H and O–H groups in total. The molecule has 3 aromatic rings. The number of piperidine rings is 1. The Hall–Kier alpha value is -4.35. The lowest BCUT2D eigenvalue weighted by molar-refractivity contribution is 0.0516. The predicted octanol–water partition coefficient (Wildman–Crippen LogP) is 3.38. The van der Waals surface area contributed by atoms with Crippen LogP contribution in [0.25, 0.3) is 0 Å². The molecule has 2 aromatic carbocycles. The monoisotopic (exact) mass is 586 g/mol. The summed E-state index contributed by atoms with van der Waals surface area (Å²) < 4.78 is 5.81. The van der Waals surface area contributed by atoms with Gasteiger partial charge in [0.1, 0.15) is 24.6 Å². The Labute approximate surface area is 250 Å². The summed E-state index contributed by atoms with van der Waals surface area (Å²) >= 11 is 0. The number of H-pyrrole nitrogens is 1. The molecule has 0 radical (unpaired) electrons. The number of hydrogen-bond acceptors (Lipinski definition) is 9. The van der Waals surface area contributed by atoms with Gasteiger partial charge in [-0.05, 0) is 83.1 Å². The fourth-order valence-corrected chi connectivity index (χ4v) is 6.33. The second-order valence-electron chi connectivity index (χ2n) is 11.8. The second-order valence-corrected chi connectivity index (χ2v) is 11.8. The van der Waals surface area contributed by atoms with Crippen molar-refractivity contribution in [3.63, 3.8) is 0 Å². The van der Waals surface area contributed by atoms with Crippen LogP contribution in [0.5, 0.6) is 5.75 Å². The number of likely N-dealkylation sites (tertiary alicyclic amines) is 1. The fraction of sp³-hybridized carbons (Fsp3) is 0.406. The number of aromatic amines is 1. The molecule has 2 unspecified atom stereocenters. The van der Waals surface area contributed by atoms with Gasteiger partial charge in [-0.3, -0.25) is 19.3 Å². The molecular formula is C32H38N6O5. The Balaban J connectivity index is 1.17. The van der Waals surface area contributed by atoms with E-state index in [9.17, 15) is 19.5 Å². The van der Waals surface area contributed by atoms with E-state index in [4.69, 9.17) is 4.74 Å². The molecule has 0 aliphatic carbocycles. The maximum Gasteiger partial charge on any atom is 0.262 e. The number of aromatic nitrogens is 1. The Morgan fingerprint density at radius 1 is 1.05 bits per heavy atom. The average Bonchev–Trinajstić information content (AvgIpc) is 3.50. The number of aliphatic hydroxyl groups is 1. The SMILES string of the molecule is Cc1ccc(OCC(O)CNc2cc[nH]c(=O)c2C2Nc3cc4c(c(C)c3N2)C(=O)N(C2CCN(C)CC2)C4=O)c(C)c1. The molecule has 2 amide bonds. The molecular weight excluding hydrogens is 548 g/mol. The van der Waals surface area contributed by atoms with Crippen LogP contribution in [0.3, 0.4) is 0 Å². The Morgan fingerprint density at radius 2 is 1.81 bits per heavy atom. The van der Waals surface area contributed by atoms with Gasteiger partial charge in [0, 0.05) is 24.5 Å². The van der Waals surface area contributed by atoms with Gasteiger partial charge in [0.15, 0.2) is 0 Å². The van der Waals surface area contributed by atoms with Crippen molar-refractivity contribution in [3.05, 3.63) is 80.3 Å². The van der Waals surface area contributed by atoms with Gasteiger partial charge in [0.25, 0.3) is 17.4 Å². The minimum absolute atomic E-state index is 0.0855.